The minimum Gasteiger partial charge on any atom is -0.481 e. The Bertz CT molecular complexity index is 671. The Labute approximate surface area is 136 Å². The zero-order valence-electron chi connectivity index (χ0n) is 12.5. The van der Waals surface area contributed by atoms with Gasteiger partial charge in [0, 0.05) is 24.3 Å². The molecule has 9 nitrogen and oxygen atoms in total. The number of carboxylic acids is 3. The second kappa shape index (κ2) is 6.99. The maximum atomic E-state index is 11.9. The van der Waals surface area contributed by atoms with Crippen molar-refractivity contribution >= 4 is 35.2 Å². The van der Waals surface area contributed by atoms with Gasteiger partial charge in [-0.3, -0.25) is 14.4 Å². The maximum Gasteiger partial charge on any atom is 0.326 e. The Morgan fingerprint density at radius 3 is 2.25 bits per heavy atom. The number of benzene rings is 1. The first-order valence-corrected chi connectivity index (χ1v) is 7.12. The fourth-order valence-corrected chi connectivity index (χ4v) is 2.44. The molecule has 0 radical (unpaired) electrons. The molecule has 1 heterocycles. The van der Waals surface area contributed by atoms with Crippen molar-refractivity contribution in [3.8, 4) is 0 Å². The molecule has 0 aliphatic carbocycles. The van der Waals surface area contributed by atoms with Gasteiger partial charge >= 0.3 is 17.9 Å². The highest BCUT2D eigenvalue weighted by Crippen LogP contribution is 2.26. The first-order valence-electron chi connectivity index (χ1n) is 7.12. The highest BCUT2D eigenvalue weighted by atomic mass is 16.4. The molecule has 9 heteroatoms. The summed E-state index contributed by atoms with van der Waals surface area (Å²) in [6.45, 7) is 0.0811. The second-order valence-electron chi connectivity index (χ2n) is 5.42. The Morgan fingerprint density at radius 1 is 1.17 bits per heavy atom. The van der Waals surface area contributed by atoms with Crippen molar-refractivity contribution in [1.82, 2.24) is 0 Å². The van der Waals surface area contributed by atoms with Gasteiger partial charge in [-0.2, -0.15) is 0 Å². The van der Waals surface area contributed by atoms with Gasteiger partial charge in [0.15, 0.2) is 0 Å². The average molecular weight is 336 g/mol. The summed E-state index contributed by atoms with van der Waals surface area (Å²) in [5, 5.41) is 29.3. The Balaban J connectivity index is 2.07. The maximum absolute atomic E-state index is 11.9. The lowest BCUT2D eigenvalue weighted by atomic mass is 10.1. The van der Waals surface area contributed by atoms with Gasteiger partial charge in [-0.1, -0.05) is 0 Å². The van der Waals surface area contributed by atoms with Crippen molar-refractivity contribution in [2.24, 2.45) is 5.92 Å². The van der Waals surface area contributed by atoms with E-state index in [1.165, 1.54) is 17.0 Å². The van der Waals surface area contributed by atoms with Crippen LogP contribution in [0, 0.1) is 5.92 Å². The third kappa shape index (κ3) is 4.00. The average Bonchev–Trinajstić information content (AvgIpc) is 2.89. The number of nitrogens with one attached hydrogen (secondary N) is 1. The number of carbonyl (C=O) groups is 4. The van der Waals surface area contributed by atoms with Crippen LogP contribution in [0.2, 0.25) is 0 Å². The molecule has 0 saturated carbocycles. The lowest BCUT2D eigenvalue weighted by Crippen LogP contribution is -2.31. The molecule has 24 heavy (non-hydrogen) atoms. The molecule has 1 aromatic rings. The minimum atomic E-state index is -1.29. The van der Waals surface area contributed by atoms with Gasteiger partial charge in [0.25, 0.3) is 0 Å². The second-order valence-corrected chi connectivity index (χ2v) is 5.42. The molecular weight excluding hydrogens is 320 g/mol. The molecule has 1 fully saturated rings. The van der Waals surface area contributed by atoms with Gasteiger partial charge in [0.2, 0.25) is 5.91 Å². The van der Waals surface area contributed by atoms with Crippen molar-refractivity contribution in [3.05, 3.63) is 24.3 Å². The van der Waals surface area contributed by atoms with Crippen LogP contribution in [0.4, 0.5) is 11.4 Å². The van der Waals surface area contributed by atoms with E-state index in [9.17, 15) is 19.2 Å². The Morgan fingerprint density at radius 2 is 1.79 bits per heavy atom. The fraction of sp³-hybridized carbons (Fsp3) is 0.333. The molecule has 1 aromatic carbocycles. The number of rotatable bonds is 7. The van der Waals surface area contributed by atoms with E-state index in [2.05, 4.69) is 5.32 Å². The summed E-state index contributed by atoms with van der Waals surface area (Å²) < 4.78 is 0. The third-order valence-corrected chi connectivity index (χ3v) is 3.67. The SMILES string of the molecule is O=C(O)C[C@H](Nc1ccc(N2CC(C(=O)O)CC2=O)cc1)C(=O)O. The van der Waals surface area contributed by atoms with Crippen LogP contribution in [0.1, 0.15) is 12.8 Å². The van der Waals surface area contributed by atoms with E-state index >= 15 is 0 Å². The third-order valence-electron chi connectivity index (χ3n) is 3.67. The molecule has 2 rings (SSSR count). The number of aliphatic carboxylic acids is 3. The molecule has 128 valence electrons. The zero-order valence-corrected chi connectivity index (χ0v) is 12.5. The highest BCUT2D eigenvalue weighted by molar-refractivity contribution is 5.99. The van der Waals surface area contributed by atoms with Gasteiger partial charge in [-0.25, -0.2) is 4.79 Å². The van der Waals surface area contributed by atoms with E-state index in [4.69, 9.17) is 15.3 Å². The van der Waals surface area contributed by atoms with Crippen LogP contribution in [0.5, 0.6) is 0 Å². The summed E-state index contributed by atoms with van der Waals surface area (Å²) in [5.41, 5.74) is 0.883. The van der Waals surface area contributed by atoms with Gasteiger partial charge in [0.1, 0.15) is 6.04 Å². The van der Waals surface area contributed by atoms with Crippen molar-refractivity contribution in [1.29, 1.82) is 0 Å². The van der Waals surface area contributed by atoms with Crippen LogP contribution >= 0.6 is 0 Å². The largest absolute Gasteiger partial charge is 0.481 e. The van der Waals surface area contributed by atoms with Crippen molar-refractivity contribution in [3.63, 3.8) is 0 Å². The number of hydrogen-bond acceptors (Lipinski definition) is 5. The van der Waals surface area contributed by atoms with Crippen LogP contribution in [0.3, 0.4) is 0 Å². The topological polar surface area (TPSA) is 144 Å². The van der Waals surface area contributed by atoms with Crippen molar-refractivity contribution in [2.45, 2.75) is 18.9 Å². The number of hydrogen-bond donors (Lipinski definition) is 4. The summed E-state index contributed by atoms with van der Waals surface area (Å²) in [4.78, 5) is 45.9. The Kier molecular flexibility index (Phi) is 5.02. The molecule has 1 amide bonds. The molecule has 0 aromatic heterocycles. The Hall–Kier alpha value is -3.10. The lowest BCUT2D eigenvalue weighted by Gasteiger charge is -2.18. The smallest absolute Gasteiger partial charge is 0.326 e. The monoisotopic (exact) mass is 336 g/mol. The van der Waals surface area contributed by atoms with E-state index in [1.54, 1.807) is 12.1 Å². The highest BCUT2D eigenvalue weighted by Gasteiger charge is 2.35. The van der Waals surface area contributed by atoms with E-state index < -0.39 is 36.3 Å². The van der Waals surface area contributed by atoms with Gasteiger partial charge in [-0.05, 0) is 24.3 Å². The first-order chi connectivity index (χ1) is 11.3. The van der Waals surface area contributed by atoms with Gasteiger partial charge in [-0.15, -0.1) is 0 Å². The standard InChI is InChI=1S/C15H16N2O7/c18-12-5-8(14(21)22)7-17(12)10-3-1-9(2-4-10)16-11(15(23)24)6-13(19)20/h1-4,8,11,16H,5-7H2,(H,19,20)(H,21,22)(H,23,24)/t8?,11-/m0/s1. The fourth-order valence-electron chi connectivity index (χ4n) is 2.44. The molecule has 0 spiro atoms. The van der Waals surface area contributed by atoms with E-state index in [0.29, 0.717) is 11.4 Å². The van der Waals surface area contributed by atoms with Gasteiger partial charge < -0.3 is 25.5 Å². The van der Waals surface area contributed by atoms with E-state index in [-0.39, 0.29) is 18.9 Å². The zero-order chi connectivity index (χ0) is 17.9. The molecule has 1 saturated heterocycles. The van der Waals surface area contributed by atoms with Gasteiger partial charge in [0.05, 0.1) is 12.3 Å². The first kappa shape index (κ1) is 17.3. The number of nitrogens with zero attached hydrogens (tertiary/aromatic N) is 1. The summed E-state index contributed by atoms with van der Waals surface area (Å²) >= 11 is 0. The summed E-state index contributed by atoms with van der Waals surface area (Å²) in [6.07, 6.45) is -0.642. The summed E-state index contributed by atoms with van der Waals surface area (Å²) in [7, 11) is 0. The van der Waals surface area contributed by atoms with Crippen molar-refractivity contribution in [2.75, 3.05) is 16.8 Å². The molecular formula is C15H16N2O7. The number of amides is 1. The number of carbonyl (C=O) groups excluding carboxylic acids is 1. The van der Waals surface area contributed by atoms with Crippen molar-refractivity contribution < 1.29 is 34.5 Å². The predicted octanol–water partition coefficient (Wildman–Crippen LogP) is 0.464. The minimum absolute atomic E-state index is 0.0605. The summed E-state index contributed by atoms with van der Waals surface area (Å²) in [6, 6.07) is 4.83. The molecule has 1 aliphatic heterocycles. The molecule has 1 aliphatic rings. The molecule has 4 N–H and O–H groups in total. The number of anilines is 2. The number of carboxylic acid groups (broad SMARTS) is 3. The van der Waals surface area contributed by atoms with Crippen LogP contribution < -0.4 is 10.2 Å². The van der Waals surface area contributed by atoms with Crippen LogP contribution in [-0.2, 0) is 19.2 Å². The predicted molar refractivity (Wildman–Crippen MR) is 81.8 cm³/mol. The molecule has 2 atom stereocenters. The molecule has 0 bridgehead atoms. The van der Waals surface area contributed by atoms with Crippen LogP contribution in [0.15, 0.2) is 24.3 Å². The molecule has 1 unspecified atom stereocenters. The normalized spacial score (nSPS) is 18.2. The van der Waals surface area contributed by atoms with E-state index in [0.717, 1.165) is 0 Å². The van der Waals surface area contributed by atoms with E-state index in [1.807, 2.05) is 0 Å². The van der Waals surface area contributed by atoms with Crippen LogP contribution in [-0.4, -0.2) is 51.7 Å². The quantitative estimate of drug-likeness (QED) is 0.562. The summed E-state index contributed by atoms with van der Waals surface area (Å²) in [5.74, 6) is -4.60. The lowest BCUT2D eigenvalue weighted by molar-refractivity contribution is -0.144. The van der Waals surface area contributed by atoms with Crippen LogP contribution in [0.25, 0.3) is 0 Å².